The second-order valence-corrected chi connectivity index (χ2v) is 4.46. The fraction of sp³-hybridized carbons (Fsp3) is 0.615. The van der Waals surface area contributed by atoms with E-state index in [1.165, 1.54) is 5.56 Å². The summed E-state index contributed by atoms with van der Waals surface area (Å²) in [7, 11) is 1.79. The molecule has 0 aromatic carbocycles. The largest absolute Gasteiger partial charge is 0.380 e. The molecular weight excluding hydrogens is 214 g/mol. The number of rotatable bonds is 5. The van der Waals surface area contributed by atoms with Crippen LogP contribution in [0.5, 0.6) is 0 Å². The van der Waals surface area contributed by atoms with Gasteiger partial charge in [0.05, 0.1) is 6.10 Å². The zero-order valence-electron chi connectivity index (χ0n) is 10.6. The molecule has 1 saturated heterocycles. The summed E-state index contributed by atoms with van der Waals surface area (Å²) in [5.74, 6) is 0.951. The van der Waals surface area contributed by atoms with Crippen LogP contribution in [0.15, 0.2) is 18.3 Å². The number of ether oxygens (including phenoxy) is 1. The average Bonchev–Trinajstić information content (AvgIpc) is 2.80. The molecule has 17 heavy (non-hydrogen) atoms. The van der Waals surface area contributed by atoms with E-state index in [2.05, 4.69) is 28.2 Å². The summed E-state index contributed by atoms with van der Waals surface area (Å²) in [5.41, 5.74) is 1.27. The molecule has 2 rings (SSSR count). The van der Waals surface area contributed by atoms with Crippen molar-refractivity contribution in [1.29, 1.82) is 0 Å². The Bertz CT molecular complexity index is 339. The lowest BCUT2D eigenvalue weighted by molar-refractivity contribution is 0.107. The molecule has 4 nitrogen and oxygen atoms in total. The number of nitrogens with one attached hydrogen (secondary N) is 1. The number of pyridine rings is 1. The third-order valence-electron chi connectivity index (χ3n) is 3.15. The third-order valence-corrected chi connectivity index (χ3v) is 3.15. The molecule has 0 saturated carbocycles. The van der Waals surface area contributed by atoms with E-state index >= 15 is 0 Å². The number of anilines is 1. The van der Waals surface area contributed by atoms with Crippen molar-refractivity contribution < 1.29 is 4.74 Å². The van der Waals surface area contributed by atoms with Crippen LogP contribution in [0.1, 0.15) is 18.9 Å². The molecule has 1 aliphatic heterocycles. The minimum absolute atomic E-state index is 0.406. The fourth-order valence-corrected chi connectivity index (χ4v) is 2.20. The zero-order chi connectivity index (χ0) is 12.1. The fourth-order valence-electron chi connectivity index (χ4n) is 2.20. The van der Waals surface area contributed by atoms with Gasteiger partial charge in [-0.2, -0.15) is 0 Å². The number of methoxy groups -OCH3 is 1. The van der Waals surface area contributed by atoms with Gasteiger partial charge in [0, 0.05) is 39.5 Å². The second-order valence-electron chi connectivity index (χ2n) is 4.46. The highest BCUT2D eigenvalue weighted by Gasteiger charge is 2.21. The average molecular weight is 235 g/mol. The molecule has 1 fully saturated rings. The van der Waals surface area contributed by atoms with Gasteiger partial charge in [0.15, 0.2) is 0 Å². The quantitative estimate of drug-likeness (QED) is 0.843. The van der Waals surface area contributed by atoms with Gasteiger partial charge in [-0.25, -0.2) is 4.98 Å². The minimum Gasteiger partial charge on any atom is -0.380 e. The summed E-state index contributed by atoms with van der Waals surface area (Å²) < 4.78 is 5.36. The maximum absolute atomic E-state index is 5.36. The Balaban J connectivity index is 1.86. The van der Waals surface area contributed by atoms with Crippen LogP contribution < -0.4 is 5.32 Å². The summed E-state index contributed by atoms with van der Waals surface area (Å²) in [4.78, 5) is 6.80. The number of nitrogens with zero attached hydrogens (tertiary/aromatic N) is 2. The molecule has 94 valence electrons. The number of likely N-dealkylation sites (tertiary alicyclic amines) is 1. The highest BCUT2D eigenvalue weighted by molar-refractivity contribution is 5.35. The predicted molar refractivity (Wildman–Crippen MR) is 69.1 cm³/mol. The van der Waals surface area contributed by atoms with Crippen LogP contribution in [-0.2, 0) is 11.3 Å². The maximum Gasteiger partial charge on any atom is 0.125 e. The van der Waals surface area contributed by atoms with Gasteiger partial charge in [0.1, 0.15) is 5.82 Å². The molecule has 1 aromatic heterocycles. The van der Waals surface area contributed by atoms with E-state index in [-0.39, 0.29) is 0 Å². The lowest BCUT2D eigenvalue weighted by Gasteiger charge is -2.15. The van der Waals surface area contributed by atoms with Crippen molar-refractivity contribution in [2.75, 3.05) is 32.1 Å². The van der Waals surface area contributed by atoms with Gasteiger partial charge in [0.25, 0.3) is 0 Å². The topological polar surface area (TPSA) is 37.4 Å². The van der Waals surface area contributed by atoms with Crippen LogP contribution in [0.25, 0.3) is 0 Å². The molecule has 1 atom stereocenters. The van der Waals surface area contributed by atoms with Gasteiger partial charge < -0.3 is 10.1 Å². The van der Waals surface area contributed by atoms with E-state index in [0.29, 0.717) is 6.10 Å². The van der Waals surface area contributed by atoms with Crippen molar-refractivity contribution >= 4 is 5.82 Å². The molecule has 0 spiro atoms. The molecule has 1 aliphatic rings. The van der Waals surface area contributed by atoms with Gasteiger partial charge in [-0.1, -0.05) is 6.07 Å². The number of hydrogen-bond acceptors (Lipinski definition) is 4. The molecule has 4 heteroatoms. The molecule has 0 bridgehead atoms. The highest BCUT2D eigenvalue weighted by atomic mass is 16.5. The van der Waals surface area contributed by atoms with Crippen molar-refractivity contribution in [2.24, 2.45) is 0 Å². The highest BCUT2D eigenvalue weighted by Crippen LogP contribution is 2.15. The van der Waals surface area contributed by atoms with Gasteiger partial charge in [0.2, 0.25) is 0 Å². The summed E-state index contributed by atoms with van der Waals surface area (Å²) in [6.07, 6.45) is 3.50. The molecule has 1 N–H and O–H groups in total. The van der Waals surface area contributed by atoms with Crippen molar-refractivity contribution in [1.82, 2.24) is 9.88 Å². The maximum atomic E-state index is 5.36. The Kier molecular flexibility index (Phi) is 4.34. The molecule has 1 aromatic rings. The third kappa shape index (κ3) is 3.41. The Morgan fingerprint density at radius 3 is 3.00 bits per heavy atom. The Morgan fingerprint density at radius 1 is 1.53 bits per heavy atom. The van der Waals surface area contributed by atoms with E-state index in [0.717, 1.165) is 38.4 Å². The van der Waals surface area contributed by atoms with Crippen LogP contribution in [0.3, 0.4) is 0 Å². The summed E-state index contributed by atoms with van der Waals surface area (Å²) >= 11 is 0. The molecule has 2 heterocycles. The lowest BCUT2D eigenvalue weighted by Crippen LogP contribution is -2.22. The van der Waals surface area contributed by atoms with Crippen LogP contribution in [0.4, 0.5) is 5.82 Å². The van der Waals surface area contributed by atoms with Crippen molar-refractivity contribution in [2.45, 2.75) is 26.0 Å². The van der Waals surface area contributed by atoms with Crippen LogP contribution in [-0.4, -0.2) is 42.7 Å². The number of hydrogen-bond donors (Lipinski definition) is 1. The van der Waals surface area contributed by atoms with Crippen LogP contribution >= 0.6 is 0 Å². The minimum atomic E-state index is 0.406. The van der Waals surface area contributed by atoms with Gasteiger partial charge in [-0.3, -0.25) is 4.90 Å². The van der Waals surface area contributed by atoms with E-state index in [4.69, 9.17) is 4.74 Å². The van der Waals surface area contributed by atoms with E-state index in [9.17, 15) is 0 Å². The lowest BCUT2D eigenvalue weighted by atomic mass is 10.2. The SMILES string of the molecule is CCNc1ccc(CN2CCC(OC)C2)cn1. The summed E-state index contributed by atoms with van der Waals surface area (Å²) in [6, 6.07) is 4.19. The first-order chi connectivity index (χ1) is 8.31. The standard InChI is InChI=1S/C13H21N3O/c1-3-14-13-5-4-11(8-15-13)9-16-7-6-12(10-16)17-2/h4-5,8,12H,3,6-7,9-10H2,1-2H3,(H,14,15). The molecule has 0 radical (unpaired) electrons. The van der Waals surface area contributed by atoms with Crippen LogP contribution in [0, 0.1) is 0 Å². The summed E-state index contributed by atoms with van der Waals surface area (Å²) in [5, 5.41) is 3.20. The first-order valence-electron chi connectivity index (χ1n) is 6.25. The van der Waals surface area contributed by atoms with E-state index < -0.39 is 0 Å². The van der Waals surface area contributed by atoms with Crippen molar-refractivity contribution in [3.63, 3.8) is 0 Å². The second kappa shape index (κ2) is 5.98. The predicted octanol–water partition coefficient (Wildman–Crippen LogP) is 1.73. The monoisotopic (exact) mass is 235 g/mol. The molecule has 1 unspecified atom stereocenters. The Hall–Kier alpha value is -1.13. The number of aromatic nitrogens is 1. The van der Waals surface area contributed by atoms with Gasteiger partial charge in [-0.15, -0.1) is 0 Å². The van der Waals surface area contributed by atoms with Gasteiger partial charge in [-0.05, 0) is 25.0 Å². The molecule has 0 aliphatic carbocycles. The van der Waals surface area contributed by atoms with E-state index in [1.54, 1.807) is 7.11 Å². The van der Waals surface area contributed by atoms with E-state index in [1.807, 2.05) is 12.3 Å². The van der Waals surface area contributed by atoms with Crippen molar-refractivity contribution in [3.05, 3.63) is 23.9 Å². The first kappa shape index (κ1) is 12.3. The Morgan fingerprint density at radius 2 is 2.41 bits per heavy atom. The normalized spacial score (nSPS) is 20.7. The van der Waals surface area contributed by atoms with Gasteiger partial charge >= 0.3 is 0 Å². The zero-order valence-corrected chi connectivity index (χ0v) is 10.6. The summed E-state index contributed by atoms with van der Waals surface area (Å²) in [6.45, 7) is 6.11. The van der Waals surface area contributed by atoms with Crippen molar-refractivity contribution in [3.8, 4) is 0 Å². The molecular formula is C13H21N3O. The van der Waals surface area contributed by atoms with Crippen LogP contribution in [0.2, 0.25) is 0 Å². The molecule has 0 amide bonds. The first-order valence-corrected chi connectivity index (χ1v) is 6.25. The smallest absolute Gasteiger partial charge is 0.125 e. The Labute approximate surface area is 103 Å².